The van der Waals surface area contributed by atoms with E-state index >= 15 is 0 Å². The van der Waals surface area contributed by atoms with Crippen LogP contribution in [0.1, 0.15) is 36.0 Å². The molecule has 104 valence electrons. The third-order valence-corrected chi connectivity index (χ3v) is 4.05. The van der Waals surface area contributed by atoms with Gasteiger partial charge >= 0.3 is 0 Å². The Kier molecular flexibility index (Phi) is 4.59. The van der Waals surface area contributed by atoms with Gasteiger partial charge in [0.1, 0.15) is 0 Å². The van der Waals surface area contributed by atoms with Crippen molar-refractivity contribution >= 4 is 5.91 Å². The summed E-state index contributed by atoms with van der Waals surface area (Å²) in [5, 5.41) is 0. The van der Waals surface area contributed by atoms with E-state index in [-0.39, 0.29) is 5.91 Å². The third kappa shape index (κ3) is 3.35. The molecule has 0 bridgehead atoms. The van der Waals surface area contributed by atoms with Crippen molar-refractivity contribution in [1.82, 2.24) is 4.90 Å². The lowest BCUT2D eigenvalue weighted by molar-refractivity contribution is -0.134. The molecule has 0 aromatic heterocycles. The first-order valence-corrected chi connectivity index (χ1v) is 7.17. The Balaban J connectivity index is 2.07. The molecule has 1 fully saturated rings. The average Bonchev–Trinajstić information content (AvgIpc) is 2.31. The minimum atomic E-state index is 0.226. The zero-order valence-electron chi connectivity index (χ0n) is 12.0. The van der Waals surface area contributed by atoms with Crippen LogP contribution in [-0.4, -0.2) is 29.9 Å². The molecule has 0 spiro atoms. The number of hydrogen-bond acceptors (Lipinski definition) is 2. The van der Waals surface area contributed by atoms with Crippen molar-refractivity contribution in [3.05, 3.63) is 34.9 Å². The van der Waals surface area contributed by atoms with E-state index in [0.717, 1.165) is 18.4 Å². The van der Waals surface area contributed by atoms with E-state index in [4.69, 9.17) is 5.73 Å². The van der Waals surface area contributed by atoms with E-state index in [1.54, 1.807) is 0 Å². The van der Waals surface area contributed by atoms with E-state index in [2.05, 4.69) is 32.0 Å². The molecule has 0 heterocycles. The van der Waals surface area contributed by atoms with Crippen molar-refractivity contribution in [3.63, 3.8) is 0 Å². The molecular formula is C16H24N2O. The number of nitrogens with two attached hydrogens (primary N) is 1. The van der Waals surface area contributed by atoms with Gasteiger partial charge in [-0.3, -0.25) is 4.79 Å². The van der Waals surface area contributed by atoms with Crippen LogP contribution in [-0.2, 0) is 11.2 Å². The predicted octanol–water partition coefficient (Wildman–Crippen LogP) is 2.19. The molecule has 0 radical (unpaired) electrons. The Morgan fingerprint density at radius 3 is 2.68 bits per heavy atom. The lowest BCUT2D eigenvalue weighted by Gasteiger charge is -2.37. The molecule has 3 nitrogen and oxygen atoms in total. The largest absolute Gasteiger partial charge is 0.338 e. The van der Waals surface area contributed by atoms with Crippen molar-refractivity contribution in [3.8, 4) is 0 Å². The molecule has 1 saturated carbocycles. The Bertz CT molecular complexity index is 452. The zero-order chi connectivity index (χ0) is 13.8. The summed E-state index contributed by atoms with van der Waals surface area (Å²) in [6.07, 6.45) is 4.02. The number of rotatable bonds is 5. The van der Waals surface area contributed by atoms with Crippen LogP contribution >= 0.6 is 0 Å². The fraction of sp³-hybridized carbons (Fsp3) is 0.562. The van der Waals surface area contributed by atoms with E-state index in [0.29, 0.717) is 25.6 Å². The zero-order valence-corrected chi connectivity index (χ0v) is 12.0. The fourth-order valence-electron chi connectivity index (χ4n) is 2.60. The number of benzene rings is 1. The van der Waals surface area contributed by atoms with Crippen LogP contribution in [0.5, 0.6) is 0 Å². The predicted molar refractivity (Wildman–Crippen MR) is 78.0 cm³/mol. The van der Waals surface area contributed by atoms with Gasteiger partial charge in [-0.05, 0) is 44.2 Å². The van der Waals surface area contributed by atoms with E-state index < -0.39 is 0 Å². The third-order valence-electron chi connectivity index (χ3n) is 4.05. The normalized spacial score (nSPS) is 15.1. The number of carbonyl (C=O) groups is 1. The van der Waals surface area contributed by atoms with Crippen LogP contribution in [0.2, 0.25) is 0 Å². The SMILES string of the molecule is Cc1ccc(C)c(CC(=O)N(CCN)C2CCC2)c1. The lowest BCUT2D eigenvalue weighted by atomic mass is 9.90. The molecule has 2 N–H and O–H groups in total. The summed E-state index contributed by atoms with van der Waals surface area (Å²) >= 11 is 0. The number of nitrogens with zero attached hydrogens (tertiary/aromatic N) is 1. The van der Waals surface area contributed by atoms with E-state index in [9.17, 15) is 4.79 Å². The fourth-order valence-corrected chi connectivity index (χ4v) is 2.60. The molecule has 19 heavy (non-hydrogen) atoms. The van der Waals surface area contributed by atoms with Crippen LogP contribution in [0.15, 0.2) is 18.2 Å². The molecule has 2 rings (SSSR count). The smallest absolute Gasteiger partial charge is 0.227 e. The maximum atomic E-state index is 12.5. The number of aryl methyl sites for hydroxylation is 2. The molecule has 0 unspecified atom stereocenters. The lowest BCUT2D eigenvalue weighted by Crippen LogP contribution is -2.47. The van der Waals surface area contributed by atoms with E-state index in [1.165, 1.54) is 17.5 Å². The summed E-state index contributed by atoms with van der Waals surface area (Å²) in [6, 6.07) is 6.73. The highest BCUT2D eigenvalue weighted by atomic mass is 16.2. The number of amides is 1. The maximum absolute atomic E-state index is 12.5. The maximum Gasteiger partial charge on any atom is 0.227 e. The summed E-state index contributed by atoms with van der Waals surface area (Å²) in [7, 11) is 0. The molecule has 1 amide bonds. The second-order valence-corrected chi connectivity index (χ2v) is 5.57. The second kappa shape index (κ2) is 6.20. The average molecular weight is 260 g/mol. The van der Waals surface area contributed by atoms with Crippen molar-refractivity contribution in [2.75, 3.05) is 13.1 Å². The van der Waals surface area contributed by atoms with Gasteiger partial charge in [-0.1, -0.05) is 23.8 Å². The van der Waals surface area contributed by atoms with E-state index in [1.807, 2.05) is 4.90 Å². The first-order valence-electron chi connectivity index (χ1n) is 7.17. The summed E-state index contributed by atoms with van der Waals surface area (Å²) in [6.45, 7) is 5.37. The second-order valence-electron chi connectivity index (χ2n) is 5.57. The van der Waals surface area contributed by atoms with Gasteiger partial charge in [0.15, 0.2) is 0 Å². The van der Waals surface area contributed by atoms with Crippen LogP contribution in [0.25, 0.3) is 0 Å². The summed E-state index contributed by atoms with van der Waals surface area (Å²) in [5.41, 5.74) is 9.19. The molecular weight excluding hydrogens is 236 g/mol. The summed E-state index contributed by atoms with van der Waals surface area (Å²) in [4.78, 5) is 14.5. The topological polar surface area (TPSA) is 46.3 Å². The molecule has 0 aliphatic heterocycles. The van der Waals surface area contributed by atoms with Gasteiger partial charge in [-0.2, -0.15) is 0 Å². The Morgan fingerprint density at radius 2 is 2.11 bits per heavy atom. The van der Waals surface area contributed by atoms with Gasteiger partial charge in [0.25, 0.3) is 0 Å². The molecule has 0 saturated heterocycles. The number of hydrogen-bond donors (Lipinski definition) is 1. The monoisotopic (exact) mass is 260 g/mol. The summed E-state index contributed by atoms with van der Waals surface area (Å²) in [5.74, 6) is 0.226. The van der Waals surface area contributed by atoms with Crippen LogP contribution in [0.3, 0.4) is 0 Å². The first kappa shape index (κ1) is 14.1. The minimum absolute atomic E-state index is 0.226. The highest BCUT2D eigenvalue weighted by molar-refractivity contribution is 5.79. The molecule has 3 heteroatoms. The van der Waals surface area contributed by atoms with Crippen LogP contribution in [0.4, 0.5) is 0 Å². The highest BCUT2D eigenvalue weighted by Gasteiger charge is 2.28. The van der Waals surface area contributed by atoms with Gasteiger partial charge in [0.05, 0.1) is 6.42 Å². The molecule has 1 aliphatic rings. The quantitative estimate of drug-likeness (QED) is 0.882. The van der Waals surface area contributed by atoms with Gasteiger partial charge < -0.3 is 10.6 Å². The van der Waals surface area contributed by atoms with Crippen molar-refractivity contribution in [2.45, 2.75) is 45.6 Å². The highest BCUT2D eigenvalue weighted by Crippen LogP contribution is 2.25. The van der Waals surface area contributed by atoms with Crippen LogP contribution in [0, 0.1) is 13.8 Å². The van der Waals surface area contributed by atoms with Crippen molar-refractivity contribution in [2.24, 2.45) is 5.73 Å². The Hall–Kier alpha value is -1.35. The summed E-state index contributed by atoms with van der Waals surface area (Å²) < 4.78 is 0. The Morgan fingerprint density at radius 1 is 1.37 bits per heavy atom. The van der Waals surface area contributed by atoms with Crippen molar-refractivity contribution < 1.29 is 4.79 Å². The molecule has 1 aliphatic carbocycles. The van der Waals surface area contributed by atoms with Gasteiger partial charge in [0, 0.05) is 19.1 Å². The van der Waals surface area contributed by atoms with Crippen molar-refractivity contribution in [1.29, 1.82) is 0 Å². The minimum Gasteiger partial charge on any atom is -0.338 e. The van der Waals surface area contributed by atoms with Gasteiger partial charge in [-0.15, -0.1) is 0 Å². The van der Waals surface area contributed by atoms with Crippen LogP contribution < -0.4 is 5.73 Å². The standard InChI is InChI=1S/C16H24N2O/c1-12-6-7-13(2)14(10-12)11-16(19)18(9-8-17)15-4-3-5-15/h6-7,10,15H,3-5,8-9,11,17H2,1-2H3. The molecule has 0 atom stereocenters. The molecule has 1 aromatic carbocycles. The number of carbonyl (C=O) groups excluding carboxylic acids is 1. The van der Waals surface area contributed by atoms with Gasteiger partial charge in [0.2, 0.25) is 5.91 Å². The molecule has 1 aromatic rings. The Labute approximate surface area is 115 Å². The van der Waals surface area contributed by atoms with Gasteiger partial charge in [-0.25, -0.2) is 0 Å². The first-order chi connectivity index (χ1) is 9.11.